The van der Waals surface area contributed by atoms with Crippen LogP contribution in [0.2, 0.25) is 0 Å². The number of hydrogen-bond donors (Lipinski definition) is 2. The Morgan fingerprint density at radius 2 is 1.93 bits per heavy atom. The van der Waals surface area contributed by atoms with E-state index >= 15 is 0 Å². The van der Waals surface area contributed by atoms with Crippen LogP contribution in [0, 0.1) is 11.3 Å². The van der Waals surface area contributed by atoms with Crippen molar-refractivity contribution in [2.24, 2.45) is 11.3 Å². The van der Waals surface area contributed by atoms with Crippen LogP contribution in [0.1, 0.15) is 50.7 Å². The number of nitrogens with zero attached hydrogens (tertiary/aromatic N) is 5. The van der Waals surface area contributed by atoms with Gasteiger partial charge in [-0.05, 0) is 29.7 Å². The molecule has 0 aliphatic carbocycles. The van der Waals surface area contributed by atoms with Crippen molar-refractivity contribution in [1.29, 1.82) is 0 Å². The highest BCUT2D eigenvalue weighted by Crippen LogP contribution is 2.45. The molecular weight excluding hydrogens is 546 g/mol. The molecule has 2 fully saturated rings. The Morgan fingerprint density at radius 1 is 1.17 bits per heavy atom. The van der Waals surface area contributed by atoms with Crippen molar-refractivity contribution >= 4 is 27.7 Å². The zero-order chi connectivity index (χ0) is 28.8. The van der Waals surface area contributed by atoms with Gasteiger partial charge in [-0.15, -0.1) is 0 Å². The molecule has 1 aromatic carbocycles. The van der Waals surface area contributed by atoms with Gasteiger partial charge in [-0.3, -0.25) is 19.6 Å². The molecule has 1 unspecified atom stereocenters. The predicted molar refractivity (Wildman–Crippen MR) is 151 cm³/mol. The number of amides is 2. The lowest BCUT2D eigenvalue weighted by Gasteiger charge is -2.42. The van der Waals surface area contributed by atoms with Gasteiger partial charge in [0.15, 0.2) is 15.5 Å². The maximum absolute atomic E-state index is 13.2. The minimum Gasteiger partial charge on any atom is -0.418 e. The number of nitrogens with one attached hydrogen (secondary N) is 2. The van der Waals surface area contributed by atoms with E-state index in [0.717, 1.165) is 32.5 Å². The van der Waals surface area contributed by atoms with E-state index in [4.69, 9.17) is 4.42 Å². The molecule has 2 aromatic heterocycles. The minimum absolute atomic E-state index is 0.0775. The van der Waals surface area contributed by atoms with Gasteiger partial charge < -0.3 is 19.5 Å². The first-order valence-electron chi connectivity index (χ1n) is 13.9. The minimum atomic E-state index is -3.25. The van der Waals surface area contributed by atoms with Crippen LogP contribution in [-0.2, 0) is 27.9 Å². The normalized spacial score (nSPS) is 21.2. The third-order valence-electron chi connectivity index (χ3n) is 8.67. The van der Waals surface area contributed by atoms with E-state index in [1.54, 1.807) is 4.90 Å². The van der Waals surface area contributed by atoms with Crippen LogP contribution in [0.3, 0.4) is 0 Å². The van der Waals surface area contributed by atoms with Crippen molar-refractivity contribution in [3.8, 4) is 0 Å². The Labute approximate surface area is 239 Å². The molecular formula is C28H35N7O5S. The van der Waals surface area contributed by atoms with E-state index in [1.165, 1.54) is 11.8 Å². The van der Waals surface area contributed by atoms with Gasteiger partial charge in [-0.25, -0.2) is 13.4 Å². The first kappa shape index (κ1) is 27.5. The van der Waals surface area contributed by atoms with Crippen LogP contribution >= 0.6 is 0 Å². The summed E-state index contributed by atoms with van der Waals surface area (Å²) in [6, 6.07) is 10.7. The summed E-state index contributed by atoms with van der Waals surface area (Å²) in [4.78, 5) is 36.5. The van der Waals surface area contributed by atoms with E-state index < -0.39 is 9.84 Å². The van der Waals surface area contributed by atoms with Crippen molar-refractivity contribution in [2.75, 3.05) is 51.7 Å². The second-order valence-electron chi connectivity index (χ2n) is 11.7. The molecule has 5 heterocycles. The number of likely N-dealkylation sites (tertiary alicyclic amines) is 2. The summed E-state index contributed by atoms with van der Waals surface area (Å²) in [5, 5.41) is 9.91. The quantitative estimate of drug-likeness (QED) is 0.426. The predicted octanol–water partition coefficient (Wildman–Crippen LogP) is 1.68. The van der Waals surface area contributed by atoms with E-state index in [-0.39, 0.29) is 46.1 Å². The zero-order valence-electron chi connectivity index (χ0n) is 23.3. The lowest BCUT2D eigenvalue weighted by molar-refractivity contribution is 0.0473. The number of aromatic amines is 1. The standard InChI is InChI=1S/C28H35N7O5S/c1-33(2)27-30-13-23(40-27)26(37)35-10-8-28(9-11-35)18-34(14-19-6-4-3-5-7-19)15-20(28)12-29-25(36)24-21-16-41(38,39)17-22(21)31-32-24/h3-7,13,20H,8-12,14-18H2,1-2H3,(H,29,36)(H,31,32). The monoisotopic (exact) mass is 581 g/mol. The summed E-state index contributed by atoms with van der Waals surface area (Å²) in [5.74, 6) is -0.390. The molecule has 1 atom stereocenters. The Bertz CT molecular complexity index is 1540. The van der Waals surface area contributed by atoms with Gasteiger partial charge in [0.05, 0.1) is 23.4 Å². The summed E-state index contributed by atoms with van der Waals surface area (Å²) < 4.78 is 29.7. The molecule has 2 N–H and O–H groups in total. The maximum Gasteiger partial charge on any atom is 0.297 e. The number of aromatic nitrogens is 3. The number of piperidine rings is 1. The SMILES string of the molecule is CN(C)c1ncc(C(=O)N2CCC3(CC2)CN(Cc2ccccc2)CC3CNC(=O)c2n[nH]c3c2CS(=O)(=O)C3)o1. The van der Waals surface area contributed by atoms with Crippen molar-refractivity contribution in [3.05, 3.63) is 64.8 Å². The van der Waals surface area contributed by atoms with E-state index in [2.05, 4.69) is 37.5 Å². The smallest absolute Gasteiger partial charge is 0.297 e. The van der Waals surface area contributed by atoms with Crippen molar-refractivity contribution < 1.29 is 22.4 Å². The van der Waals surface area contributed by atoms with E-state index in [0.29, 0.717) is 36.9 Å². The fourth-order valence-electron chi connectivity index (χ4n) is 6.49. The molecule has 3 aromatic rings. The molecule has 3 aliphatic heterocycles. The summed E-state index contributed by atoms with van der Waals surface area (Å²) in [6.45, 7) is 4.11. The molecule has 12 nitrogen and oxygen atoms in total. The van der Waals surface area contributed by atoms with Crippen LogP contribution < -0.4 is 10.2 Å². The second-order valence-corrected chi connectivity index (χ2v) is 13.7. The number of benzene rings is 1. The highest BCUT2D eigenvalue weighted by Gasteiger charge is 2.48. The van der Waals surface area contributed by atoms with Gasteiger partial charge in [-0.2, -0.15) is 5.10 Å². The van der Waals surface area contributed by atoms with E-state index in [9.17, 15) is 18.0 Å². The summed E-state index contributed by atoms with van der Waals surface area (Å²) in [7, 11) is 0.377. The van der Waals surface area contributed by atoms with Crippen LogP contribution in [-0.4, -0.2) is 92.0 Å². The van der Waals surface area contributed by atoms with Gasteiger partial charge in [0, 0.05) is 58.9 Å². The second kappa shape index (κ2) is 10.6. The Hall–Kier alpha value is -3.71. The fraction of sp³-hybridized carbons (Fsp3) is 0.500. The van der Waals surface area contributed by atoms with Crippen molar-refractivity contribution in [2.45, 2.75) is 30.9 Å². The molecule has 2 saturated heterocycles. The van der Waals surface area contributed by atoms with E-state index in [1.807, 2.05) is 37.2 Å². The van der Waals surface area contributed by atoms with Gasteiger partial charge >= 0.3 is 0 Å². The van der Waals surface area contributed by atoms with Crippen molar-refractivity contribution in [3.63, 3.8) is 0 Å². The number of carbonyl (C=O) groups is 2. The average molecular weight is 582 g/mol. The topological polar surface area (TPSA) is 145 Å². The Morgan fingerprint density at radius 3 is 2.63 bits per heavy atom. The summed E-state index contributed by atoms with van der Waals surface area (Å²) in [6.07, 6.45) is 3.08. The number of hydrogen-bond acceptors (Lipinski definition) is 9. The number of fused-ring (bicyclic) bond motifs is 1. The zero-order valence-corrected chi connectivity index (χ0v) is 24.1. The number of carbonyl (C=O) groups excluding carboxylic acids is 2. The molecule has 41 heavy (non-hydrogen) atoms. The highest BCUT2D eigenvalue weighted by atomic mass is 32.2. The fourth-order valence-corrected chi connectivity index (χ4v) is 8.02. The van der Waals surface area contributed by atoms with Gasteiger partial charge in [0.1, 0.15) is 0 Å². The number of sulfone groups is 1. The number of H-pyrrole nitrogens is 1. The lowest BCUT2D eigenvalue weighted by Crippen LogP contribution is -2.48. The molecule has 0 saturated carbocycles. The van der Waals surface area contributed by atoms with Gasteiger partial charge in [0.25, 0.3) is 17.8 Å². The number of oxazole rings is 1. The molecule has 0 radical (unpaired) electrons. The third-order valence-corrected chi connectivity index (χ3v) is 10.1. The Kier molecular flexibility index (Phi) is 7.10. The number of anilines is 1. The average Bonchev–Trinajstić information content (AvgIpc) is 3.71. The van der Waals surface area contributed by atoms with Crippen molar-refractivity contribution in [1.82, 2.24) is 30.3 Å². The summed E-state index contributed by atoms with van der Waals surface area (Å²) >= 11 is 0. The third kappa shape index (κ3) is 5.47. The maximum atomic E-state index is 13.2. The first-order valence-corrected chi connectivity index (χ1v) is 15.7. The van der Waals surface area contributed by atoms with Gasteiger partial charge in [-0.1, -0.05) is 30.3 Å². The molecule has 6 rings (SSSR count). The Balaban J connectivity index is 1.15. The molecule has 218 valence electrons. The molecule has 13 heteroatoms. The largest absolute Gasteiger partial charge is 0.418 e. The van der Waals surface area contributed by atoms with Crippen LogP contribution in [0.25, 0.3) is 0 Å². The van der Waals surface area contributed by atoms with Crippen LogP contribution in [0.5, 0.6) is 0 Å². The number of rotatable bonds is 7. The van der Waals surface area contributed by atoms with Crippen LogP contribution in [0.15, 0.2) is 40.9 Å². The highest BCUT2D eigenvalue weighted by molar-refractivity contribution is 7.90. The van der Waals surface area contributed by atoms with Gasteiger partial charge in [0.2, 0.25) is 5.76 Å². The first-order chi connectivity index (χ1) is 19.6. The molecule has 1 spiro atoms. The summed E-state index contributed by atoms with van der Waals surface area (Å²) in [5.41, 5.74) is 2.30. The lowest BCUT2D eigenvalue weighted by atomic mass is 9.70. The molecule has 2 amide bonds. The molecule has 0 bridgehead atoms. The molecule has 3 aliphatic rings. The van der Waals surface area contributed by atoms with Crippen LogP contribution in [0.4, 0.5) is 6.01 Å².